The number of nitrogens with zero attached hydrogens (tertiary/aromatic N) is 1. The van der Waals surface area contributed by atoms with Gasteiger partial charge in [0.05, 0.1) is 0 Å². The molecule has 2 nitrogen and oxygen atoms in total. The second kappa shape index (κ2) is 6.91. The minimum atomic E-state index is 0.283. The molecule has 0 aliphatic carbocycles. The summed E-state index contributed by atoms with van der Waals surface area (Å²) in [5.41, 5.74) is 2.10. The van der Waals surface area contributed by atoms with Crippen LogP contribution in [0.3, 0.4) is 0 Å². The maximum absolute atomic E-state index is 6.07. The summed E-state index contributed by atoms with van der Waals surface area (Å²) in [4.78, 5) is 2.32. The summed E-state index contributed by atoms with van der Waals surface area (Å²) in [6.07, 6.45) is 2.60. The largest absolute Gasteiger partial charge is 0.489 e. The Bertz CT molecular complexity index is 622. The lowest BCUT2D eigenvalue weighted by Crippen LogP contribution is -2.38. The number of likely N-dealkylation sites (tertiary alicyclic amines) is 1. The number of rotatable bonds is 3. The first-order valence-corrected chi connectivity index (χ1v) is 8.27. The van der Waals surface area contributed by atoms with Crippen molar-refractivity contribution < 1.29 is 4.74 Å². The Hall–Kier alpha value is -1.22. The monoisotopic (exact) mass is 335 g/mol. The van der Waals surface area contributed by atoms with E-state index in [0.717, 1.165) is 36.4 Å². The molecule has 1 atom stereocenters. The third kappa shape index (κ3) is 3.95. The lowest BCUT2D eigenvalue weighted by Gasteiger charge is -2.30. The molecule has 4 heteroatoms. The van der Waals surface area contributed by atoms with Crippen LogP contribution < -0.4 is 4.74 Å². The molecule has 0 amide bonds. The van der Waals surface area contributed by atoms with E-state index >= 15 is 0 Å². The van der Waals surface area contributed by atoms with E-state index in [1.807, 2.05) is 36.4 Å². The average molecular weight is 336 g/mol. The minimum absolute atomic E-state index is 0.283. The second-order valence-electron chi connectivity index (χ2n) is 5.83. The molecule has 0 bridgehead atoms. The summed E-state index contributed by atoms with van der Waals surface area (Å²) in [6, 6.07) is 13.7. The number of halogens is 2. The molecule has 0 radical (unpaired) electrons. The van der Waals surface area contributed by atoms with Crippen molar-refractivity contribution in [3.63, 3.8) is 0 Å². The fraction of sp³-hybridized carbons (Fsp3) is 0.333. The number of piperidine rings is 1. The molecule has 0 spiro atoms. The van der Waals surface area contributed by atoms with Crippen LogP contribution in [0.25, 0.3) is 11.1 Å². The van der Waals surface area contributed by atoms with Crippen LogP contribution in [0.2, 0.25) is 10.0 Å². The third-order valence-electron chi connectivity index (χ3n) is 3.93. The molecule has 3 rings (SSSR count). The Labute approximate surface area is 141 Å². The lowest BCUT2D eigenvalue weighted by molar-refractivity contribution is 0.104. The molecule has 0 N–H and O–H groups in total. The van der Waals surface area contributed by atoms with Crippen LogP contribution >= 0.6 is 23.2 Å². The zero-order chi connectivity index (χ0) is 15.5. The van der Waals surface area contributed by atoms with Crippen LogP contribution in [0.5, 0.6) is 5.75 Å². The molecule has 22 heavy (non-hydrogen) atoms. The van der Waals surface area contributed by atoms with Gasteiger partial charge in [0.2, 0.25) is 0 Å². The molecule has 1 aliphatic heterocycles. The molecular weight excluding hydrogens is 317 g/mol. The van der Waals surface area contributed by atoms with Crippen molar-refractivity contribution in [2.75, 3.05) is 20.1 Å². The predicted octanol–water partition coefficient (Wildman–Crippen LogP) is 5.13. The highest BCUT2D eigenvalue weighted by Gasteiger charge is 2.18. The van der Waals surface area contributed by atoms with E-state index in [1.54, 1.807) is 6.07 Å². The Kier molecular flexibility index (Phi) is 4.92. The van der Waals surface area contributed by atoms with Gasteiger partial charge in [-0.15, -0.1) is 0 Å². The van der Waals surface area contributed by atoms with Crippen LogP contribution in [-0.4, -0.2) is 31.1 Å². The summed E-state index contributed by atoms with van der Waals surface area (Å²) in [6.45, 7) is 2.15. The van der Waals surface area contributed by atoms with Gasteiger partial charge in [-0.25, -0.2) is 0 Å². The Morgan fingerprint density at radius 3 is 2.32 bits per heavy atom. The quantitative estimate of drug-likeness (QED) is 0.770. The van der Waals surface area contributed by atoms with Crippen LogP contribution in [0, 0.1) is 0 Å². The first-order chi connectivity index (χ1) is 10.6. The molecule has 1 saturated heterocycles. The van der Waals surface area contributed by atoms with Gasteiger partial charge < -0.3 is 9.64 Å². The van der Waals surface area contributed by atoms with E-state index in [1.165, 1.54) is 6.42 Å². The maximum Gasteiger partial charge on any atom is 0.119 e. The van der Waals surface area contributed by atoms with Crippen molar-refractivity contribution in [3.8, 4) is 16.9 Å². The fourth-order valence-electron chi connectivity index (χ4n) is 2.85. The summed E-state index contributed by atoms with van der Waals surface area (Å²) in [5, 5.41) is 1.29. The third-order valence-corrected chi connectivity index (χ3v) is 4.37. The Morgan fingerprint density at radius 2 is 1.68 bits per heavy atom. The smallest absolute Gasteiger partial charge is 0.119 e. The average Bonchev–Trinajstić information content (AvgIpc) is 2.47. The van der Waals surface area contributed by atoms with Crippen molar-refractivity contribution >= 4 is 23.2 Å². The second-order valence-corrected chi connectivity index (χ2v) is 6.70. The van der Waals surface area contributed by atoms with E-state index in [2.05, 4.69) is 11.9 Å². The highest BCUT2D eigenvalue weighted by Crippen LogP contribution is 2.29. The zero-order valence-corrected chi connectivity index (χ0v) is 14.1. The highest BCUT2D eigenvalue weighted by molar-refractivity contribution is 6.35. The van der Waals surface area contributed by atoms with E-state index in [0.29, 0.717) is 10.0 Å². The molecule has 2 aromatic rings. The molecule has 116 valence electrons. The van der Waals surface area contributed by atoms with E-state index in [-0.39, 0.29) is 6.10 Å². The predicted molar refractivity (Wildman–Crippen MR) is 93.0 cm³/mol. The number of hydrogen-bond donors (Lipinski definition) is 0. The van der Waals surface area contributed by atoms with Gasteiger partial charge in [0, 0.05) is 16.6 Å². The van der Waals surface area contributed by atoms with Crippen molar-refractivity contribution in [1.82, 2.24) is 4.90 Å². The number of likely N-dealkylation sites (N-methyl/N-ethyl adjacent to an activating group) is 1. The summed E-state index contributed by atoms with van der Waals surface area (Å²) in [7, 11) is 2.14. The molecular formula is C18H19Cl2NO. The summed E-state index contributed by atoms with van der Waals surface area (Å²) in [5.74, 6) is 0.914. The highest BCUT2D eigenvalue weighted by atomic mass is 35.5. The van der Waals surface area contributed by atoms with Gasteiger partial charge in [-0.1, -0.05) is 35.3 Å². The fourth-order valence-corrected chi connectivity index (χ4v) is 3.38. The topological polar surface area (TPSA) is 12.5 Å². The molecule has 0 saturated carbocycles. The van der Waals surface area contributed by atoms with Crippen molar-refractivity contribution in [1.29, 1.82) is 0 Å². The number of benzene rings is 2. The molecule has 2 aromatic carbocycles. The van der Waals surface area contributed by atoms with Gasteiger partial charge in [0.1, 0.15) is 11.9 Å². The van der Waals surface area contributed by atoms with Crippen LogP contribution in [0.15, 0.2) is 42.5 Å². The normalized spacial score (nSPS) is 19.1. The Balaban J connectivity index is 1.72. The SMILES string of the molecule is CN1CCC[C@H](Oc2ccc(-c3cc(Cl)cc(Cl)c3)cc2)C1. The van der Waals surface area contributed by atoms with Crippen LogP contribution in [0.4, 0.5) is 0 Å². The van der Waals surface area contributed by atoms with E-state index in [4.69, 9.17) is 27.9 Å². The zero-order valence-electron chi connectivity index (χ0n) is 12.6. The first-order valence-electron chi connectivity index (χ1n) is 7.52. The first kappa shape index (κ1) is 15.7. The lowest BCUT2D eigenvalue weighted by atomic mass is 10.1. The van der Waals surface area contributed by atoms with Crippen LogP contribution in [0.1, 0.15) is 12.8 Å². The van der Waals surface area contributed by atoms with Gasteiger partial charge in [-0.3, -0.25) is 0 Å². The molecule has 0 unspecified atom stereocenters. The van der Waals surface area contributed by atoms with Gasteiger partial charge in [0.15, 0.2) is 0 Å². The Morgan fingerprint density at radius 1 is 1.00 bits per heavy atom. The summed E-state index contributed by atoms with van der Waals surface area (Å²) < 4.78 is 6.07. The van der Waals surface area contributed by atoms with Crippen LogP contribution in [-0.2, 0) is 0 Å². The minimum Gasteiger partial charge on any atom is -0.489 e. The van der Waals surface area contributed by atoms with E-state index in [9.17, 15) is 0 Å². The van der Waals surface area contributed by atoms with Gasteiger partial charge in [-0.2, -0.15) is 0 Å². The number of hydrogen-bond acceptors (Lipinski definition) is 2. The molecule has 1 aliphatic rings. The van der Waals surface area contributed by atoms with Crippen molar-refractivity contribution in [2.24, 2.45) is 0 Å². The molecule has 0 aromatic heterocycles. The number of ether oxygens (including phenoxy) is 1. The molecule has 1 heterocycles. The van der Waals surface area contributed by atoms with Gasteiger partial charge in [-0.05, 0) is 67.9 Å². The summed E-state index contributed by atoms with van der Waals surface area (Å²) >= 11 is 12.1. The standard InChI is InChI=1S/C18H19Cl2NO/c1-21-8-2-3-18(12-21)22-17-6-4-13(5-7-17)14-9-15(19)11-16(20)10-14/h4-7,9-11,18H,2-3,8,12H2,1H3/t18-/m0/s1. The van der Waals surface area contributed by atoms with Gasteiger partial charge >= 0.3 is 0 Å². The maximum atomic E-state index is 6.07. The van der Waals surface area contributed by atoms with Gasteiger partial charge in [0.25, 0.3) is 0 Å². The van der Waals surface area contributed by atoms with E-state index < -0.39 is 0 Å². The van der Waals surface area contributed by atoms with Crippen molar-refractivity contribution in [3.05, 3.63) is 52.5 Å². The van der Waals surface area contributed by atoms with Crippen molar-refractivity contribution in [2.45, 2.75) is 18.9 Å². The molecule has 1 fully saturated rings.